The van der Waals surface area contributed by atoms with E-state index in [0.29, 0.717) is 6.42 Å². The molecule has 0 spiro atoms. The van der Waals surface area contributed by atoms with Crippen molar-refractivity contribution in [3.63, 3.8) is 0 Å². The average molecular weight is 240 g/mol. The first-order valence-electron chi connectivity index (χ1n) is 6.15. The second-order valence-electron chi connectivity index (χ2n) is 4.29. The molecule has 1 fully saturated rings. The molecular formula is C11H20N4O2. The maximum absolute atomic E-state index is 8.81. The number of ether oxygens (including phenoxy) is 1. The van der Waals surface area contributed by atoms with Crippen molar-refractivity contribution < 1.29 is 9.84 Å². The molecule has 0 saturated carbocycles. The summed E-state index contributed by atoms with van der Waals surface area (Å²) in [5.41, 5.74) is 0.829. The van der Waals surface area contributed by atoms with Crippen LogP contribution in [0.1, 0.15) is 12.6 Å². The number of aliphatic hydroxyl groups excluding tert-OH is 1. The Labute approximate surface area is 101 Å². The Bertz CT molecular complexity index is 342. The van der Waals surface area contributed by atoms with Crippen LogP contribution in [-0.2, 0) is 17.7 Å². The zero-order valence-corrected chi connectivity index (χ0v) is 10.2. The highest BCUT2D eigenvalue weighted by Crippen LogP contribution is 2.07. The molecule has 1 aliphatic heterocycles. The van der Waals surface area contributed by atoms with Crippen LogP contribution in [0.5, 0.6) is 0 Å². The summed E-state index contributed by atoms with van der Waals surface area (Å²) in [5.74, 6) is 0. The van der Waals surface area contributed by atoms with E-state index in [9.17, 15) is 0 Å². The highest BCUT2D eigenvalue weighted by Gasteiger charge is 2.20. The number of rotatable bonds is 5. The Morgan fingerprint density at radius 3 is 3.24 bits per heavy atom. The minimum Gasteiger partial charge on any atom is -0.396 e. The number of aliphatic hydroxyl groups is 1. The molecule has 1 aliphatic rings. The van der Waals surface area contributed by atoms with Crippen LogP contribution in [0.2, 0.25) is 0 Å². The summed E-state index contributed by atoms with van der Waals surface area (Å²) >= 11 is 0. The van der Waals surface area contributed by atoms with Gasteiger partial charge in [-0.2, -0.15) is 0 Å². The molecular weight excluding hydrogens is 220 g/mol. The number of likely N-dealkylation sites (N-methyl/N-ethyl adjacent to an activating group) is 1. The fraction of sp³-hybridized carbons (Fsp3) is 0.818. The Balaban J connectivity index is 1.86. The molecule has 1 N–H and O–H groups in total. The van der Waals surface area contributed by atoms with Gasteiger partial charge in [0.2, 0.25) is 0 Å². The van der Waals surface area contributed by atoms with Gasteiger partial charge in [0.15, 0.2) is 0 Å². The van der Waals surface area contributed by atoms with Gasteiger partial charge in [-0.1, -0.05) is 12.1 Å². The third-order valence-electron chi connectivity index (χ3n) is 3.01. The molecule has 6 heteroatoms. The molecule has 0 bridgehead atoms. The molecule has 0 radical (unpaired) electrons. The third kappa shape index (κ3) is 3.49. The third-order valence-corrected chi connectivity index (χ3v) is 3.01. The van der Waals surface area contributed by atoms with Crippen molar-refractivity contribution in [1.29, 1.82) is 0 Å². The topological polar surface area (TPSA) is 63.4 Å². The van der Waals surface area contributed by atoms with Gasteiger partial charge < -0.3 is 9.84 Å². The van der Waals surface area contributed by atoms with Crippen molar-refractivity contribution >= 4 is 0 Å². The summed E-state index contributed by atoms with van der Waals surface area (Å²) in [5, 5.41) is 16.8. The van der Waals surface area contributed by atoms with E-state index in [4.69, 9.17) is 9.84 Å². The molecule has 0 aliphatic carbocycles. The van der Waals surface area contributed by atoms with E-state index in [-0.39, 0.29) is 12.7 Å². The quantitative estimate of drug-likeness (QED) is 0.754. The van der Waals surface area contributed by atoms with Crippen LogP contribution in [0.15, 0.2) is 6.20 Å². The van der Waals surface area contributed by atoms with Crippen molar-refractivity contribution in [2.75, 3.05) is 32.8 Å². The summed E-state index contributed by atoms with van der Waals surface area (Å²) in [6.07, 6.45) is 2.63. The zero-order valence-electron chi connectivity index (χ0n) is 10.2. The van der Waals surface area contributed by atoms with Gasteiger partial charge in [0.25, 0.3) is 0 Å². The van der Waals surface area contributed by atoms with Gasteiger partial charge in [0.05, 0.1) is 24.9 Å². The van der Waals surface area contributed by atoms with E-state index in [0.717, 1.165) is 38.5 Å². The van der Waals surface area contributed by atoms with Gasteiger partial charge in [-0.25, -0.2) is 4.68 Å². The molecule has 17 heavy (non-hydrogen) atoms. The Kier molecular flexibility index (Phi) is 4.47. The van der Waals surface area contributed by atoms with Gasteiger partial charge in [0, 0.05) is 32.3 Å². The molecule has 0 amide bonds. The predicted octanol–water partition coefficient (Wildman–Crippen LogP) is -0.466. The molecule has 0 aromatic carbocycles. The van der Waals surface area contributed by atoms with Crippen molar-refractivity contribution in [1.82, 2.24) is 19.9 Å². The molecule has 6 nitrogen and oxygen atoms in total. The van der Waals surface area contributed by atoms with Gasteiger partial charge in [-0.15, -0.1) is 5.10 Å². The normalized spacial score (nSPS) is 21.9. The van der Waals surface area contributed by atoms with E-state index >= 15 is 0 Å². The fourth-order valence-corrected chi connectivity index (χ4v) is 2.04. The Morgan fingerprint density at radius 1 is 1.59 bits per heavy atom. The molecule has 1 unspecified atom stereocenters. The standard InChI is InChI=1S/C11H20N4O2/c1-2-14-4-6-17-11(8-14)9-15-7-10(3-5-16)12-13-15/h7,11,16H,2-6,8-9H2,1H3. The number of morpholine rings is 1. The number of aromatic nitrogens is 3. The molecule has 2 rings (SSSR count). The summed E-state index contributed by atoms with van der Waals surface area (Å²) in [6, 6.07) is 0. The maximum atomic E-state index is 8.81. The van der Waals surface area contributed by atoms with Crippen molar-refractivity contribution in [2.45, 2.75) is 26.0 Å². The first-order valence-corrected chi connectivity index (χ1v) is 6.15. The van der Waals surface area contributed by atoms with Crippen molar-refractivity contribution in [2.24, 2.45) is 0 Å². The second-order valence-corrected chi connectivity index (χ2v) is 4.29. The Hall–Kier alpha value is -0.980. The van der Waals surface area contributed by atoms with Crippen LogP contribution in [0.4, 0.5) is 0 Å². The average Bonchev–Trinajstić information content (AvgIpc) is 2.77. The van der Waals surface area contributed by atoms with Crippen LogP contribution in [-0.4, -0.2) is 64.0 Å². The van der Waals surface area contributed by atoms with E-state index in [1.54, 1.807) is 4.68 Å². The molecule has 96 valence electrons. The molecule has 1 aromatic rings. The monoisotopic (exact) mass is 240 g/mol. The second kappa shape index (κ2) is 6.09. The lowest BCUT2D eigenvalue weighted by atomic mass is 10.2. The van der Waals surface area contributed by atoms with E-state index in [1.165, 1.54) is 0 Å². The number of hydrogen-bond acceptors (Lipinski definition) is 5. The zero-order chi connectivity index (χ0) is 12.1. The summed E-state index contributed by atoms with van der Waals surface area (Å²) in [7, 11) is 0. The largest absolute Gasteiger partial charge is 0.396 e. The summed E-state index contributed by atoms with van der Waals surface area (Å²) in [6.45, 7) is 6.82. The highest BCUT2D eigenvalue weighted by molar-refractivity contribution is 4.92. The summed E-state index contributed by atoms with van der Waals surface area (Å²) < 4.78 is 7.50. The van der Waals surface area contributed by atoms with Crippen LogP contribution in [0.3, 0.4) is 0 Å². The van der Waals surface area contributed by atoms with Gasteiger partial charge in [-0.05, 0) is 6.54 Å². The van der Waals surface area contributed by atoms with Crippen LogP contribution in [0.25, 0.3) is 0 Å². The molecule has 1 atom stereocenters. The fourth-order valence-electron chi connectivity index (χ4n) is 2.04. The Morgan fingerprint density at radius 2 is 2.47 bits per heavy atom. The van der Waals surface area contributed by atoms with Gasteiger partial charge in [-0.3, -0.25) is 4.90 Å². The van der Waals surface area contributed by atoms with Crippen molar-refractivity contribution in [3.8, 4) is 0 Å². The van der Waals surface area contributed by atoms with Crippen LogP contribution < -0.4 is 0 Å². The lowest BCUT2D eigenvalue weighted by molar-refractivity contribution is -0.0360. The minimum atomic E-state index is 0.113. The van der Waals surface area contributed by atoms with Crippen molar-refractivity contribution in [3.05, 3.63) is 11.9 Å². The van der Waals surface area contributed by atoms with Crippen LogP contribution in [0, 0.1) is 0 Å². The molecule has 2 heterocycles. The minimum absolute atomic E-state index is 0.113. The van der Waals surface area contributed by atoms with Gasteiger partial charge in [0.1, 0.15) is 0 Å². The number of hydrogen-bond donors (Lipinski definition) is 1. The highest BCUT2D eigenvalue weighted by atomic mass is 16.5. The molecule has 1 aromatic heterocycles. The van der Waals surface area contributed by atoms with Crippen LogP contribution >= 0.6 is 0 Å². The van der Waals surface area contributed by atoms with E-state index in [1.807, 2.05) is 6.20 Å². The number of nitrogens with zero attached hydrogens (tertiary/aromatic N) is 4. The first kappa shape index (κ1) is 12.5. The maximum Gasteiger partial charge on any atom is 0.0898 e. The lowest BCUT2D eigenvalue weighted by Crippen LogP contribution is -2.44. The first-order chi connectivity index (χ1) is 8.31. The lowest BCUT2D eigenvalue weighted by Gasteiger charge is -2.31. The van der Waals surface area contributed by atoms with Gasteiger partial charge >= 0.3 is 0 Å². The molecule has 1 saturated heterocycles. The smallest absolute Gasteiger partial charge is 0.0898 e. The predicted molar refractivity (Wildman–Crippen MR) is 62.7 cm³/mol. The summed E-state index contributed by atoms with van der Waals surface area (Å²) in [4.78, 5) is 2.37. The van der Waals surface area contributed by atoms with E-state index in [2.05, 4.69) is 22.1 Å². The SMILES string of the molecule is CCN1CCOC(Cn2cc(CCO)nn2)C1. The van der Waals surface area contributed by atoms with E-state index < -0.39 is 0 Å².